The van der Waals surface area contributed by atoms with Gasteiger partial charge in [0.2, 0.25) is 5.91 Å². The molecule has 0 aromatic carbocycles. The van der Waals surface area contributed by atoms with Crippen LogP contribution < -0.4 is 5.48 Å². The van der Waals surface area contributed by atoms with E-state index in [0.29, 0.717) is 24.3 Å². The fourth-order valence-electron chi connectivity index (χ4n) is 2.27. The van der Waals surface area contributed by atoms with E-state index in [0.717, 1.165) is 30.2 Å². The predicted molar refractivity (Wildman–Crippen MR) is 89.9 cm³/mol. The monoisotopic (exact) mass is 349 g/mol. The number of carbonyl (C=O) groups is 3. The maximum absolute atomic E-state index is 12.3. The van der Waals surface area contributed by atoms with Crippen molar-refractivity contribution in [2.75, 3.05) is 6.54 Å². The van der Waals surface area contributed by atoms with Crippen LogP contribution in [0.15, 0.2) is 29.4 Å². The van der Waals surface area contributed by atoms with Gasteiger partial charge in [0.1, 0.15) is 0 Å². The van der Waals surface area contributed by atoms with Crippen LogP contribution >= 0.6 is 11.8 Å². The van der Waals surface area contributed by atoms with Gasteiger partial charge in [-0.1, -0.05) is 18.9 Å². The standard InChI is InChI=1S/C16H19N3O4S/c20-14(18-23)7-3-1-2-4-9-19-15(21)13(24-16(19)22)10-12-6-5-8-17-11-12/h5-6,8,10-11,23H,1-4,7,9H2,(H,18,20)/b13-10-. The van der Waals surface area contributed by atoms with Gasteiger partial charge in [-0.3, -0.25) is 29.5 Å². The Morgan fingerprint density at radius 3 is 2.79 bits per heavy atom. The van der Waals surface area contributed by atoms with Crippen molar-refractivity contribution in [2.45, 2.75) is 32.1 Å². The number of nitrogens with one attached hydrogen (secondary N) is 1. The minimum absolute atomic E-state index is 0.255. The van der Waals surface area contributed by atoms with Crippen molar-refractivity contribution in [1.82, 2.24) is 15.4 Å². The molecule has 0 atom stereocenters. The molecule has 1 saturated heterocycles. The Hall–Kier alpha value is -2.19. The van der Waals surface area contributed by atoms with Crippen molar-refractivity contribution >= 4 is 34.9 Å². The van der Waals surface area contributed by atoms with E-state index in [9.17, 15) is 14.4 Å². The van der Waals surface area contributed by atoms with Gasteiger partial charge in [-0.15, -0.1) is 0 Å². The van der Waals surface area contributed by atoms with Gasteiger partial charge in [0.05, 0.1) is 4.91 Å². The summed E-state index contributed by atoms with van der Waals surface area (Å²) < 4.78 is 0. The lowest BCUT2D eigenvalue weighted by Crippen LogP contribution is -2.29. The van der Waals surface area contributed by atoms with Gasteiger partial charge < -0.3 is 0 Å². The van der Waals surface area contributed by atoms with Gasteiger partial charge >= 0.3 is 0 Å². The second-order valence-electron chi connectivity index (χ2n) is 5.32. The average Bonchev–Trinajstić information content (AvgIpc) is 2.85. The van der Waals surface area contributed by atoms with Crippen LogP contribution in [0.4, 0.5) is 4.79 Å². The molecule has 0 unspecified atom stereocenters. The molecular weight excluding hydrogens is 330 g/mol. The first-order valence-corrected chi connectivity index (χ1v) is 8.52. The van der Waals surface area contributed by atoms with E-state index in [1.54, 1.807) is 30.0 Å². The summed E-state index contributed by atoms with van der Waals surface area (Å²) >= 11 is 0.942. The summed E-state index contributed by atoms with van der Waals surface area (Å²) in [6.45, 7) is 0.376. The second-order valence-corrected chi connectivity index (χ2v) is 6.31. The van der Waals surface area contributed by atoms with Crippen molar-refractivity contribution < 1.29 is 19.6 Å². The normalized spacial score (nSPS) is 16.0. The van der Waals surface area contributed by atoms with Crippen molar-refractivity contribution in [2.24, 2.45) is 0 Å². The SMILES string of the molecule is O=C(CCCCCCN1C(=O)S/C(=C\c2cccnc2)C1=O)NO. The lowest BCUT2D eigenvalue weighted by molar-refractivity contribution is -0.129. The lowest BCUT2D eigenvalue weighted by atomic mass is 10.1. The highest BCUT2D eigenvalue weighted by Gasteiger charge is 2.34. The third-order valence-electron chi connectivity index (χ3n) is 3.52. The summed E-state index contributed by atoms with van der Waals surface area (Å²) in [5, 5.41) is 8.12. The number of nitrogens with zero attached hydrogens (tertiary/aromatic N) is 2. The fraction of sp³-hybridized carbons (Fsp3) is 0.375. The number of rotatable bonds is 8. The van der Waals surface area contributed by atoms with E-state index in [2.05, 4.69) is 4.98 Å². The summed E-state index contributed by atoms with van der Waals surface area (Å²) in [4.78, 5) is 40.7. The van der Waals surface area contributed by atoms with E-state index in [1.165, 1.54) is 4.90 Å². The predicted octanol–water partition coefficient (Wildman–Crippen LogP) is 2.57. The first-order valence-electron chi connectivity index (χ1n) is 7.70. The molecule has 0 bridgehead atoms. The van der Waals surface area contributed by atoms with Gasteiger partial charge in [-0.05, 0) is 42.3 Å². The molecule has 1 aromatic rings. The number of aromatic nitrogens is 1. The molecule has 2 rings (SSSR count). The quantitative estimate of drug-likeness (QED) is 0.324. The number of hydrogen-bond donors (Lipinski definition) is 2. The third-order valence-corrected chi connectivity index (χ3v) is 4.42. The molecule has 128 valence electrons. The van der Waals surface area contributed by atoms with Crippen molar-refractivity contribution in [1.29, 1.82) is 0 Å². The molecule has 24 heavy (non-hydrogen) atoms. The van der Waals surface area contributed by atoms with Gasteiger partial charge in [-0.2, -0.15) is 0 Å². The van der Waals surface area contributed by atoms with Crippen LogP contribution in [0.1, 0.15) is 37.7 Å². The van der Waals surface area contributed by atoms with Crippen LogP contribution in [0.25, 0.3) is 6.08 Å². The molecule has 0 saturated carbocycles. The second kappa shape index (κ2) is 9.19. The Bertz CT molecular complexity index is 633. The van der Waals surface area contributed by atoms with Gasteiger partial charge in [0.15, 0.2) is 0 Å². The zero-order chi connectivity index (χ0) is 17.4. The molecule has 2 heterocycles. The molecule has 0 radical (unpaired) electrons. The molecular formula is C16H19N3O4S. The van der Waals surface area contributed by atoms with Crippen LogP contribution in [0.3, 0.4) is 0 Å². The fourth-order valence-corrected chi connectivity index (χ4v) is 3.14. The number of hydroxylamine groups is 1. The lowest BCUT2D eigenvalue weighted by Gasteiger charge is -2.11. The maximum Gasteiger partial charge on any atom is 0.293 e. The molecule has 1 aliphatic heterocycles. The number of carbonyl (C=O) groups excluding carboxylic acids is 3. The topological polar surface area (TPSA) is 99.6 Å². The summed E-state index contributed by atoms with van der Waals surface area (Å²) in [5.74, 6) is -0.671. The van der Waals surface area contributed by atoms with Crippen molar-refractivity contribution in [3.63, 3.8) is 0 Å². The highest BCUT2D eigenvalue weighted by Crippen LogP contribution is 2.32. The molecule has 1 aliphatic rings. The van der Waals surface area contributed by atoms with Gasteiger partial charge in [0, 0.05) is 25.4 Å². The molecule has 0 aliphatic carbocycles. The Balaban J connectivity index is 1.78. The Morgan fingerprint density at radius 1 is 1.29 bits per heavy atom. The van der Waals surface area contributed by atoms with E-state index in [1.807, 2.05) is 6.07 Å². The first kappa shape index (κ1) is 18.2. The molecule has 3 amide bonds. The Morgan fingerprint density at radius 2 is 2.08 bits per heavy atom. The number of hydrogen-bond acceptors (Lipinski definition) is 6. The van der Waals surface area contributed by atoms with E-state index in [-0.39, 0.29) is 17.6 Å². The van der Waals surface area contributed by atoms with E-state index < -0.39 is 5.91 Å². The number of unbranched alkanes of at least 4 members (excludes halogenated alkanes) is 3. The number of thioether (sulfide) groups is 1. The Labute approximate surface area is 144 Å². The molecule has 1 aromatic heterocycles. The third kappa shape index (κ3) is 5.17. The zero-order valence-corrected chi connectivity index (χ0v) is 13.9. The zero-order valence-electron chi connectivity index (χ0n) is 13.1. The largest absolute Gasteiger partial charge is 0.293 e. The van der Waals surface area contributed by atoms with E-state index >= 15 is 0 Å². The molecule has 0 spiro atoms. The van der Waals surface area contributed by atoms with Crippen molar-refractivity contribution in [3.8, 4) is 0 Å². The minimum Gasteiger partial charge on any atom is -0.289 e. The molecule has 7 nitrogen and oxygen atoms in total. The van der Waals surface area contributed by atoms with Crippen molar-refractivity contribution in [3.05, 3.63) is 35.0 Å². The highest BCUT2D eigenvalue weighted by molar-refractivity contribution is 8.18. The Kier molecular flexibility index (Phi) is 6.95. The summed E-state index contributed by atoms with van der Waals surface area (Å²) in [7, 11) is 0. The molecule has 2 N–H and O–H groups in total. The van der Waals surface area contributed by atoms with Gasteiger partial charge in [0.25, 0.3) is 11.1 Å². The summed E-state index contributed by atoms with van der Waals surface area (Å²) in [6, 6.07) is 3.59. The number of amides is 3. The number of imide groups is 1. The molecule has 1 fully saturated rings. The van der Waals surface area contributed by atoms with Gasteiger partial charge in [-0.25, -0.2) is 5.48 Å². The van der Waals surface area contributed by atoms with Crippen LogP contribution in [0.2, 0.25) is 0 Å². The summed E-state index contributed by atoms with van der Waals surface area (Å²) in [5.41, 5.74) is 2.37. The summed E-state index contributed by atoms with van der Waals surface area (Å²) in [6.07, 6.45) is 8.19. The smallest absolute Gasteiger partial charge is 0.289 e. The average molecular weight is 349 g/mol. The van der Waals surface area contributed by atoms with Crippen LogP contribution in [0.5, 0.6) is 0 Å². The first-order chi connectivity index (χ1) is 11.6. The highest BCUT2D eigenvalue weighted by atomic mass is 32.2. The maximum atomic E-state index is 12.3. The molecule has 8 heteroatoms. The van der Waals surface area contributed by atoms with Crippen LogP contribution in [-0.2, 0) is 9.59 Å². The van der Waals surface area contributed by atoms with Crippen LogP contribution in [-0.4, -0.2) is 38.7 Å². The van der Waals surface area contributed by atoms with E-state index in [4.69, 9.17) is 5.21 Å². The van der Waals surface area contributed by atoms with Crippen LogP contribution in [0, 0.1) is 0 Å². The number of pyridine rings is 1. The minimum atomic E-state index is -0.401.